The first-order chi connectivity index (χ1) is 14.8. The summed E-state index contributed by atoms with van der Waals surface area (Å²) in [4.78, 5) is 14.6. The van der Waals surface area contributed by atoms with E-state index in [1.54, 1.807) is 24.4 Å². The molecule has 0 radical (unpaired) electrons. The minimum absolute atomic E-state index is 0.113. The summed E-state index contributed by atoms with van der Waals surface area (Å²) >= 11 is 6.37. The van der Waals surface area contributed by atoms with E-state index >= 15 is 0 Å². The Morgan fingerprint density at radius 2 is 1.97 bits per heavy atom. The van der Waals surface area contributed by atoms with E-state index in [1.165, 1.54) is 12.1 Å². The number of benzene rings is 2. The van der Waals surface area contributed by atoms with E-state index in [1.807, 2.05) is 6.92 Å². The van der Waals surface area contributed by atoms with Crippen LogP contribution in [0.25, 0.3) is 10.8 Å². The van der Waals surface area contributed by atoms with Gasteiger partial charge in [-0.05, 0) is 67.3 Å². The van der Waals surface area contributed by atoms with Gasteiger partial charge in [0, 0.05) is 29.1 Å². The maximum atomic E-state index is 14.7. The van der Waals surface area contributed by atoms with Crippen LogP contribution in [0, 0.1) is 11.6 Å². The van der Waals surface area contributed by atoms with Crippen molar-refractivity contribution in [3.05, 3.63) is 75.2 Å². The number of rotatable bonds is 5. The summed E-state index contributed by atoms with van der Waals surface area (Å²) < 4.78 is 34.3. The molecule has 2 aromatic carbocycles. The molecule has 0 saturated heterocycles. The fourth-order valence-electron chi connectivity index (χ4n) is 4.81. The zero-order chi connectivity index (χ0) is 22.2. The predicted molar refractivity (Wildman–Crippen MR) is 119 cm³/mol. The van der Waals surface area contributed by atoms with Gasteiger partial charge in [0.05, 0.1) is 11.1 Å². The summed E-state index contributed by atoms with van der Waals surface area (Å²) in [5, 5.41) is 1.62. The SMILES string of the molecule is CCC(N)C1(c2ccc(F)cc2F)CCC(Oc2cc3cc[nH]c(=O)c3cc2Cl)CC1. The van der Waals surface area contributed by atoms with E-state index in [4.69, 9.17) is 22.1 Å². The molecule has 1 heterocycles. The van der Waals surface area contributed by atoms with E-state index in [0.29, 0.717) is 53.8 Å². The van der Waals surface area contributed by atoms with Gasteiger partial charge >= 0.3 is 0 Å². The number of aromatic nitrogens is 1. The van der Waals surface area contributed by atoms with Crippen molar-refractivity contribution in [2.75, 3.05) is 0 Å². The number of nitrogens with two attached hydrogens (primary N) is 1. The highest BCUT2D eigenvalue weighted by Crippen LogP contribution is 2.45. The molecule has 4 rings (SSSR count). The number of halogens is 3. The third-order valence-electron chi connectivity index (χ3n) is 6.56. The largest absolute Gasteiger partial charge is 0.489 e. The summed E-state index contributed by atoms with van der Waals surface area (Å²) in [5.74, 6) is -0.626. The molecule has 0 aliphatic heterocycles. The first-order valence-electron chi connectivity index (χ1n) is 10.5. The van der Waals surface area contributed by atoms with E-state index in [0.717, 1.165) is 11.5 Å². The van der Waals surface area contributed by atoms with Crippen LogP contribution in [0.15, 0.2) is 47.4 Å². The summed E-state index contributed by atoms with van der Waals surface area (Å²) in [6, 6.07) is 8.68. The molecular weight excluding hydrogens is 422 g/mol. The van der Waals surface area contributed by atoms with E-state index in [9.17, 15) is 13.6 Å². The highest BCUT2D eigenvalue weighted by Gasteiger charge is 2.43. The minimum atomic E-state index is -0.594. The lowest BCUT2D eigenvalue weighted by molar-refractivity contribution is 0.102. The maximum Gasteiger partial charge on any atom is 0.255 e. The van der Waals surface area contributed by atoms with Gasteiger partial charge in [-0.1, -0.05) is 24.6 Å². The van der Waals surface area contributed by atoms with Gasteiger partial charge in [-0.15, -0.1) is 0 Å². The average Bonchev–Trinajstić information content (AvgIpc) is 2.75. The third kappa shape index (κ3) is 4.06. The lowest BCUT2D eigenvalue weighted by atomic mass is 9.63. The quantitative estimate of drug-likeness (QED) is 0.547. The second-order valence-electron chi connectivity index (χ2n) is 8.29. The number of aromatic amines is 1. The number of H-pyrrole nitrogens is 1. The molecule has 0 bridgehead atoms. The van der Waals surface area contributed by atoms with Crippen molar-refractivity contribution in [3.8, 4) is 5.75 Å². The number of hydrogen-bond donors (Lipinski definition) is 2. The van der Waals surface area contributed by atoms with Gasteiger partial charge in [-0.2, -0.15) is 0 Å². The average molecular weight is 447 g/mol. The van der Waals surface area contributed by atoms with Gasteiger partial charge < -0.3 is 15.5 Å². The number of hydrogen-bond acceptors (Lipinski definition) is 3. The molecule has 1 aliphatic rings. The van der Waals surface area contributed by atoms with Crippen molar-refractivity contribution < 1.29 is 13.5 Å². The highest BCUT2D eigenvalue weighted by atomic mass is 35.5. The molecule has 1 atom stereocenters. The van der Waals surface area contributed by atoms with Crippen LogP contribution in [0.2, 0.25) is 5.02 Å². The number of pyridine rings is 1. The number of nitrogens with one attached hydrogen (secondary N) is 1. The lowest BCUT2D eigenvalue weighted by Crippen LogP contribution is -2.49. The monoisotopic (exact) mass is 446 g/mol. The minimum Gasteiger partial charge on any atom is -0.489 e. The Morgan fingerprint density at radius 1 is 1.23 bits per heavy atom. The van der Waals surface area contributed by atoms with Crippen molar-refractivity contribution in [3.63, 3.8) is 0 Å². The molecule has 3 N–H and O–H groups in total. The zero-order valence-corrected chi connectivity index (χ0v) is 18.0. The second-order valence-corrected chi connectivity index (χ2v) is 8.70. The predicted octanol–water partition coefficient (Wildman–Crippen LogP) is 5.46. The summed E-state index contributed by atoms with van der Waals surface area (Å²) in [5.41, 5.74) is 6.17. The van der Waals surface area contributed by atoms with E-state index < -0.39 is 17.0 Å². The van der Waals surface area contributed by atoms with Crippen LogP contribution in [-0.2, 0) is 5.41 Å². The molecule has 7 heteroatoms. The van der Waals surface area contributed by atoms with Crippen molar-refractivity contribution in [2.24, 2.45) is 5.73 Å². The molecular formula is C24H25ClF2N2O2. The zero-order valence-electron chi connectivity index (χ0n) is 17.3. The lowest BCUT2D eigenvalue weighted by Gasteiger charge is -2.44. The summed E-state index contributed by atoms with van der Waals surface area (Å²) in [6.07, 6.45) is 4.73. The normalized spacial score (nSPS) is 22.4. The summed E-state index contributed by atoms with van der Waals surface area (Å²) in [6.45, 7) is 1.98. The molecule has 4 nitrogen and oxygen atoms in total. The third-order valence-corrected chi connectivity index (χ3v) is 6.86. The Bertz CT molecular complexity index is 1160. The van der Waals surface area contributed by atoms with Crippen LogP contribution in [0.3, 0.4) is 0 Å². The molecule has 164 valence electrons. The molecule has 0 spiro atoms. The van der Waals surface area contributed by atoms with Crippen molar-refractivity contribution in [1.82, 2.24) is 4.98 Å². The van der Waals surface area contributed by atoms with Gasteiger partial charge in [0.15, 0.2) is 0 Å². The van der Waals surface area contributed by atoms with Gasteiger partial charge in [0.25, 0.3) is 5.56 Å². The van der Waals surface area contributed by atoms with Crippen molar-refractivity contribution in [1.29, 1.82) is 0 Å². The van der Waals surface area contributed by atoms with Gasteiger partial charge in [-0.25, -0.2) is 8.78 Å². The van der Waals surface area contributed by atoms with E-state index in [2.05, 4.69) is 4.98 Å². The van der Waals surface area contributed by atoms with Crippen LogP contribution in [0.1, 0.15) is 44.6 Å². The van der Waals surface area contributed by atoms with E-state index in [-0.39, 0.29) is 17.7 Å². The highest BCUT2D eigenvalue weighted by molar-refractivity contribution is 6.32. The molecule has 31 heavy (non-hydrogen) atoms. The van der Waals surface area contributed by atoms with Crippen molar-refractivity contribution in [2.45, 2.75) is 56.6 Å². The topological polar surface area (TPSA) is 68.1 Å². The fourth-order valence-corrected chi connectivity index (χ4v) is 5.01. The Labute approximate surface area is 184 Å². The molecule has 1 fully saturated rings. The van der Waals surface area contributed by atoms with Crippen LogP contribution in [0.4, 0.5) is 8.78 Å². The molecule has 1 aliphatic carbocycles. The first-order valence-corrected chi connectivity index (χ1v) is 10.9. The Balaban J connectivity index is 1.57. The fraction of sp³-hybridized carbons (Fsp3) is 0.375. The molecule has 1 aromatic heterocycles. The Hall–Kier alpha value is -2.44. The molecule has 0 amide bonds. The molecule has 3 aromatic rings. The molecule has 1 unspecified atom stereocenters. The first kappa shape index (κ1) is 21.8. The second kappa shape index (κ2) is 8.60. The maximum absolute atomic E-state index is 14.7. The van der Waals surface area contributed by atoms with Crippen molar-refractivity contribution >= 4 is 22.4 Å². The van der Waals surface area contributed by atoms with Crippen LogP contribution < -0.4 is 16.0 Å². The van der Waals surface area contributed by atoms with Crippen LogP contribution in [0.5, 0.6) is 5.75 Å². The van der Waals surface area contributed by atoms with Gasteiger partial charge in [0.2, 0.25) is 0 Å². The van der Waals surface area contributed by atoms with Crippen LogP contribution in [-0.4, -0.2) is 17.1 Å². The Kier molecular flexibility index (Phi) is 6.04. The van der Waals surface area contributed by atoms with Gasteiger partial charge in [-0.3, -0.25) is 4.79 Å². The standard InChI is InChI=1S/C24H25ClF2N2O2/c1-2-22(28)24(18-4-3-15(26)12-20(18)27)8-5-16(6-9-24)31-21-11-14-7-10-29-23(30)17(14)13-19(21)25/h3-4,7,10-13,16,22H,2,5-6,8-9,28H2,1H3,(H,29,30). The van der Waals surface area contributed by atoms with Crippen LogP contribution >= 0.6 is 11.6 Å². The number of fused-ring (bicyclic) bond motifs is 1. The van der Waals surface area contributed by atoms with Gasteiger partial charge in [0.1, 0.15) is 17.4 Å². The Morgan fingerprint density at radius 3 is 2.65 bits per heavy atom. The smallest absolute Gasteiger partial charge is 0.255 e. The summed E-state index contributed by atoms with van der Waals surface area (Å²) in [7, 11) is 0. The molecule has 1 saturated carbocycles. The number of ether oxygens (including phenoxy) is 1.